The van der Waals surface area contributed by atoms with E-state index in [4.69, 9.17) is 4.74 Å². The number of amides is 1. The molecule has 0 saturated heterocycles. The van der Waals surface area contributed by atoms with Gasteiger partial charge in [0.25, 0.3) is 5.91 Å². The molecule has 0 saturated carbocycles. The van der Waals surface area contributed by atoms with Crippen LogP contribution in [0.4, 0.5) is 10.2 Å². The molecule has 1 N–H and O–H groups in total. The van der Waals surface area contributed by atoms with Crippen molar-refractivity contribution in [3.05, 3.63) is 41.8 Å². The van der Waals surface area contributed by atoms with E-state index in [1.165, 1.54) is 25.3 Å². The molecule has 1 aromatic carbocycles. The van der Waals surface area contributed by atoms with Crippen molar-refractivity contribution in [1.82, 2.24) is 9.78 Å². The quantitative estimate of drug-likeness (QED) is 0.935. The van der Waals surface area contributed by atoms with Crippen molar-refractivity contribution in [3.63, 3.8) is 0 Å². The smallest absolute Gasteiger partial charge is 0.259 e. The second-order valence-corrected chi connectivity index (χ2v) is 4.55. The average Bonchev–Trinajstić information content (AvgIpc) is 2.86. The normalized spacial score (nSPS) is 10.7. The summed E-state index contributed by atoms with van der Waals surface area (Å²) in [5.41, 5.74) is -0.0395. The molecule has 0 fully saturated rings. The maximum absolute atomic E-state index is 13.8. The number of halogens is 1. The molecule has 2 aromatic rings. The Morgan fingerprint density at radius 2 is 2.15 bits per heavy atom. The predicted molar refractivity (Wildman–Crippen MR) is 73.5 cm³/mol. The van der Waals surface area contributed by atoms with Crippen LogP contribution >= 0.6 is 0 Å². The Hall–Kier alpha value is -2.37. The van der Waals surface area contributed by atoms with Crippen LogP contribution in [0.15, 0.2) is 30.5 Å². The molecular formula is C14H16FN3O2. The van der Waals surface area contributed by atoms with Crippen molar-refractivity contribution in [3.8, 4) is 5.75 Å². The standard InChI is InChI=1S/C14H16FN3O2/c1-9(2)18-13(6-7-16-18)17-14(19)11-5-4-10(20-3)8-12(11)15/h4-9H,1-3H3,(H,17,19). The van der Waals surface area contributed by atoms with Gasteiger partial charge in [-0.1, -0.05) is 0 Å². The second kappa shape index (κ2) is 5.73. The number of carbonyl (C=O) groups is 1. The minimum Gasteiger partial charge on any atom is -0.497 e. The number of hydrogen-bond acceptors (Lipinski definition) is 3. The zero-order valence-corrected chi connectivity index (χ0v) is 11.6. The predicted octanol–water partition coefficient (Wildman–Crippen LogP) is 2.86. The summed E-state index contributed by atoms with van der Waals surface area (Å²) in [7, 11) is 1.44. The van der Waals surface area contributed by atoms with Gasteiger partial charge < -0.3 is 10.1 Å². The molecule has 5 nitrogen and oxygen atoms in total. The van der Waals surface area contributed by atoms with Gasteiger partial charge in [-0.25, -0.2) is 9.07 Å². The molecule has 0 atom stereocenters. The van der Waals surface area contributed by atoms with Crippen LogP contribution in [0.5, 0.6) is 5.75 Å². The maximum Gasteiger partial charge on any atom is 0.259 e. The summed E-state index contributed by atoms with van der Waals surface area (Å²) in [5, 5.41) is 6.75. The van der Waals surface area contributed by atoms with E-state index in [1.54, 1.807) is 16.9 Å². The Kier molecular flexibility index (Phi) is 4.02. The largest absolute Gasteiger partial charge is 0.497 e. The third kappa shape index (κ3) is 2.79. The topological polar surface area (TPSA) is 56.1 Å². The number of nitrogens with one attached hydrogen (secondary N) is 1. The summed E-state index contributed by atoms with van der Waals surface area (Å²) < 4.78 is 20.4. The van der Waals surface area contributed by atoms with E-state index < -0.39 is 11.7 Å². The number of nitrogens with zero attached hydrogens (tertiary/aromatic N) is 2. The van der Waals surface area contributed by atoms with Gasteiger partial charge in [0.15, 0.2) is 0 Å². The lowest BCUT2D eigenvalue weighted by atomic mass is 10.2. The highest BCUT2D eigenvalue weighted by Gasteiger charge is 2.15. The summed E-state index contributed by atoms with van der Waals surface area (Å²) in [5.74, 6) is -0.253. The Balaban J connectivity index is 2.22. The number of hydrogen-bond donors (Lipinski definition) is 1. The molecule has 2 rings (SSSR count). The van der Waals surface area contributed by atoms with Crippen molar-refractivity contribution in [2.24, 2.45) is 0 Å². The van der Waals surface area contributed by atoms with E-state index in [9.17, 15) is 9.18 Å². The highest BCUT2D eigenvalue weighted by molar-refractivity contribution is 6.04. The van der Waals surface area contributed by atoms with E-state index >= 15 is 0 Å². The molecule has 0 aliphatic carbocycles. The fourth-order valence-electron chi connectivity index (χ4n) is 1.82. The van der Waals surface area contributed by atoms with Crippen LogP contribution in [0.3, 0.4) is 0 Å². The van der Waals surface area contributed by atoms with Crippen LogP contribution in [-0.2, 0) is 0 Å². The van der Waals surface area contributed by atoms with E-state index in [0.717, 1.165) is 0 Å². The Bertz CT molecular complexity index is 623. The van der Waals surface area contributed by atoms with Crippen LogP contribution in [0.25, 0.3) is 0 Å². The lowest BCUT2D eigenvalue weighted by molar-refractivity contribution is 0.102. The van der Waals surface area contributed by atoms with Gasteiger partial charge in [-0.15, -0.1) is 0 Å². The van der Waals surface area contributed by atoms with E-state index in [-0.39, 0.29) is 11.6 Å². The van der Waals surface area contributed by atoms with Crippen LogP contribution in [-0.4, -0.2) is 22.8 Å². The van der Waals surface area contributed by atoms with Crippen molar-refractivity contribution in [1.29, 1.82) is 0 Å². The summed E-state index contributed by atoms with van der Waals surface area (Å²) in [4.78, 5) is 12.1. The molecule has 1 amide bonds. The Morgan fingerprint density at radius 3 is 2.75 bits per heavy atom. The lowest BCUT2D eigenvalue weighted by Crippen LogP contribution is -2.17. The molecule has 1 heterocycles. The summed E-state index contributed by atoms with van der Waals surface area (Å²) in [6.07, 6.45) is 1.58. The van der Waals surface area contributed by atoms with E-state index in [0.29, 0.717) is 11.6 Å². The molecule has 1 aromatic heterocycles. The van der Waals surface area contributed by atoms with Gasteiger partial charge in [-0.2, -0.15) is 5.10 Å². The minimum atomic E-state index is -0.627. The number of methoxy groups -OCH3 is 1. The van der Waals surface area contributed by atoms with Crippen LogP contribution in [0, 0.1) is 5.82 Å². The van der Waals surface area contributed by atoms with E-state index in [1.807, 2.05) is 13.8 Å². The molecule has 106 valence electrons. The number of ether oxygens (including phenoxy) is 1. The second-order valence-electron chi connectivity index (χ2n) is 4.55. The van der Waals surface area contributed by atoms with Crippen molar-refractivity contribution in [2.45, 2.75) is 19.9 Å². The molecular weight excluding hydrogens is 261 g/mol. The van der Waals surface area contributed by atoms with E-state index in [2.05, 4.69) is 10.4 Å². The highest BCUT2D eigenvalue weighted by atomic mass is 19.1. The number of carbonyl (C=O) groups excluding carboxylic acids is 1. The first-order valence-electron chi connectivity index (χ1n) is 6.21. The van der Waals surface area contributed by atoms with Crippen LogP contribution in [0.1, 0.15) is 30.2 Å². The lowest BCUT2D eigenvalue weighted by Gasteiger charge is -2.12. The monoisotopic (exact) mass is 277 g/mol. The van der Waals surface area contributed by atoms with Crippen molar-refractivity contribution >= 4 is 11.7 Å². The zero-order valence-electron chi connectivity index (χ0n) is 11.6. The number of aromatic nitrogens is 2. The molecule has 0 aliphatic rings. The summed E-state index contributed by atoms with van der Waals surface area (Å²) >= 11 is 0. The van der Waals surface area contributed by atoms with Gasteiger partial charge in [0.05, 0.1) is 18.9 Å². The van der Waals surface area contributed by atoms with Crippen molar-refractivity contribution in [2.75, 3.05) is 12.4 Å². The molecule has 0 radical (unpaired) electrons. The van der Waals surface area contributed by atoms with Gasteiger partial charge in [0.1, 0.15) is 17.4 Å². The molecule has 0 bridgehead atoms. The van der Waals surface area contributed by atoms with Crippen LogP contribution < -0.4 is 10.1 Å². The third-order valence-electron chi connectivity index (χ3n) is 2.82. The fourth-order valence-corrected chi connectivity index (χ4v) is 1.82. The first-order valence-corrected chi connectivity index (χ1v) is 6.21. The Labute approximate surface area is 116 Å². The van der Waals surface area contributed by atoms with Gasteiger partial charge >= 0.3 is 0 Å². The average molecular weight is 277 g/mol. The van der Waals surface area contributed by atoms with Gasteiger partial charge in [-0.05, 0) is 26.0 Å². The summed E-state index contributed by atoms with van der Waals surface area (Å²) in [6.45, 7) is 3.88. The molecule has 20 heavy (non-hydrogen) atoms. The third-order valence-corrected chi connectivity index (χ3v) is 2.82. The van der Waals surface area contributed by atoms with Gasteiger partial charge in [0, 0.05) is 18.2 Å². The highest BCUT2D eigenvalue weighted by Crippen LogP contribution is 2.19. The minimum absolute atomic E-state index is 0.0395. The van der Waals surface area contributed by atoms with Crippen molar-refractivity contribution < 1.29 is 13.9 Å². The van der Waals surface area contributed by atoms with Crippen LogP contribution in [0.2, 0.25) is 0 Å². The zero-order chi connectivity index (χ0) is 14.7. The molecule has 6 heteroatoms. The SMILES string of the molecule is COc1ccc(C(=O)Nc2ccnn2C(C)C)c(F)c1. The molecule has 0 aliphatic heterocycles. The number of rotatable bonds is 4. The fraction of sp³-hybridized carbons (Fsp3) is 0.286. The van der Waals surface area contributed by atoms with Gasteiger partial charge in [0.2, 0.25) is 0 Å². The first-order chi connectivity index (χ1) is 9.52. The molecule has 0 unspecified atom stereocenters. The first kappa shape index (κ1) is 14.0. The Morgan fingerprint density at radius 1 is 1.40 bits per heavy atom. The summed E-state index contributed by atoms with van der Waals surface area (Å²) in [6, 6.07) is 5.87. The number of benzene rings is 1. The maximum atomic E-state index is 13.8. The number of anilines is 1. The molecule has 0 spiro atoms. The van der Waals surface area contributed by atoms with Gasteiger partial charge in [-0.3, -0.25) is 4.79 Å².